The van der Waals surface area contributed by atoms with Gasteiger partial charge in [-0.2, -0.15) is 0 Å². The molecule has 160 valence electrons. The lowest BCUT2D eigenvalue weighted by Crippen LogP contribution is -2.62. The molecule has 0 unspecified atom stereocenters. The molecule has 1 rings (SSSR count). The van der Waals surface area contributed by atoms with E-state index in [2.05, 4.69) is 0 Å². The van der Waals surface area contributed by atoms with Gasteiger partial charge in [0.2, 0.25) is 0 Å². The summed E-state index contributed by atoms with van der Waals surface area (Å²) in [5.41, 5.74) is 0. The van der Waals surface area contributed by atoms with Crippen molar-refractivity contribution in [3.8, 4) is 0 Å². The molecule has 10 heteroatoms. The van der Waals surface area contributed by atoms with Crippen LogP contribution in [0.15, 0.2) is 0 Å². The number of aliphatic hydroxyl groups is 1. The monoisotopic (exact) mass is 404 g/mol. The van der Waals surface area contributed by atoms with Crippen LogP contribution in [0.4, 0.5) is 0 Å². The third-order valence-corrected chi connectivity index (χ3v) is 3.98. The van der Waals surface area contributed by atoms with Crippen molar-refractivity contribution in [1.82, 2.24) is 0 Å². The molecule has 0 bridgehead atoms. The second kappa shape index (κ2) is 11.6. The molecule has 1 aliphatic heterocycles. The first-order valence-corrected chi connectivity index (χ1v) is 9.34. The zero-order valence-corrected chi connectivity index (χ0v) is 16.5. The molecule has 0 aromatic heterocycles. The zero-order chi connectivity index (χ0) is 21.3. The van der Waals surface area contributed by atoms with E-state index in [4.69, 9.17) is 23.7 Å². The van der Waals surface area contributed by atoms with Gasteiger partial charge in [0.1, 0.15) is 12.7 Å². The van der Waals surface area contributed by atoms with Crippen LogP contribution in [0.25, 0.3) is 0 Å². The average molecular weight is 404 g/mol. The van der Waals surface area contributed by atoms with Crippen LogP contribution >= 0.6 is 0 Å². The summed E-state index contributed by atoms with van der Waals surface area (Å²) in [4.78, 5) is 47.0. The third kappa shape index (κ3) is 6.75. The van der Waals surface area contributed by atoms with Crippen LogP contribution in [-0.4, -0.2) is 66.3 Å². The summed E-state index contributed by atoms with van der Waals surface area (Å²) >= 11 is 0. The highest BCUT2D eigenvalue weighted by atomic mass is 16.7. The molecule has 1 fully saturated rings. The van der Waals surface area contributed by atoms with Gasteiger partial charge in [0.05, 0.1) is 0 Å². The molecule has 0 radical (unpaired) electrons. The topological polar surface area (TPSA) is 135 Å². The minimum Gasteiger partial charge on any atom is -0.463 e. The second-order valence-electron chi connectivity index (χ2n) is 6.03. The van der Waals surface area contributed by atoms with E-state index < -0.39 is 54.6 Å². The van der Waals surface area contributed by atoms with Crippen molar-refractivity contribution in [1.29, 1.82) is 0 Å². The van der Waals surface area contributed by atoms with Gasteiger partial charge in [0.25, 0.3) is 0 Å². The maximum atomic E-state index is 11.9. The smallest absolute Gasteiger partial charge is 0.306 e. The van der Waals surface area contributed by atoms with Crippen LogP contribution in [-0.2, 0) is 42.9 Å². The fourth-order valence-electron chi connectivity index (χ4n) is 2.41. The molecular formula is C18H28O10. The molecule has 0 aliphatic carbocycles. The summed E-state index contributed by atoms with van der Waals surface area (Å²) in [6, 6.07) is 0. The molecule has 0 aromatic rings. The van der Waals surface area contributed by atoms with Crippen LogP contribution in [0.3, 0.4) is 0 Å². The molecule has 28 heavy (non-hydrogen) atoms. The van der Waals surface area contributed by atoms with Gasteiger partial charge in [-0.05, 0) is 0 Å². The Morgan fingerprint density at radius 1 is 0.714 bits per heavy atom. The number of ether oxygens (including phenoxy) is 5. The highest BCUT2D eigenvalue weighted by Crippen LogP contribution is 2.28. The highest BCUT2D eigenvalue weighted by molar-refractivity contribution is 5.71. The fourth-order valence-corrected chi connectivity index (χ4v) is 2.41. The standard InChI is InChI=1S/C18H28O10/c1-5-11(19)24-9-10-15(26-12(20)6-2)16(27-13(21)7-3)17(18(23)25-10)28-14(22)8-4/h10,15-18,23H,5-9H2,1-4H3/t10-,15-,16+,17+,18-/m1/s1. The molecule has 0 spiro atoms. The van der Waals surface area contributed by atoms with Crippen LogP contribution in [0, 0.1) is 0 Å². The number of hydrogen-bond acceptors (Lipinski definition) is 10. The zero-order valence-electron chi connectivity index (χ0n) is 16.5. The Morgan fingerprint density at radius 3 is 1.61 bits per heavy atom. The van der Waals surface area contributed by atoms with Crippen molar-refractivity contribution in [2.75, 3.05) is 6.61 Å². The van der Waals surface area contributed by atoms with Gasteiger partial charge in [-0.25, -0.2) is 0 Å². The lowest BCUT2D eigenvalue weighted by molar-refractivity contribution is -0.297. The summed E-state index contributed by atoms with van der Waals surface area (Å²) in [6.45, 7) is 5.92. The van der Waals surface area contributed by atoms with E-state index in [9.17, 15) is 24.3 Å². The second-order valence-corrected chi connectivity index (χ2v) is 6.03. The summed E-state index contributed by atoms with van der Waals surface area (Å²) in [7, 11) is 0. The lowest BCUT2D eigenvalue weighted by Gasteiger charge is -2.42. The first kappa shape index (κ1) is 23.8. The van der Waals surface area contributed by atoms with E-state index >= 15 is 0 Å². The maximum Gasteiger partial charge on any atom is 0.306 e. The molecule has 1 heterocycles. The van der Waals surface area contributed by atoms with E-state index in [1.54, 1.807) is 27.7 Å². The molecule has 0 saturated carbocycles. The normalized spacial score (nSPS) is 26.8. The quantitative estimate of drug-likeness (QED) is 0.430. The molecule has 1 N–H and O–H groups in total. The van der Waals surface area contributed by atoms with Gasteiger partial charge in [-0.3, -0.25) is 19.2 Å². The Hall–Kier alpha value is -2.20. The van der Waals surface area contributed by atoms with Gasteiger partial charge >= 0.3 is 23.9 Å². The van der Waals surface area contributed by atoms with Gasteiger partial charge in [-0.15, -0.1) is 0 Å². The van der Waals surface area contributed by atoms with Crippen molar-refractivity contribution in [3.63, 3.8) is 0 Å². The third-order valence-electron chi connectivity index (χ3n) is 3.98. The number of hydrogen-bond donors (Lipinski definition) is 1. The Balaban J connectivity index is 3.17. The molecule has 10 nitrogen and oxygen atoms in total. The predicted molar refractivity (Wildman–Crippen MR) is 92.6 cm³/mol. The summed E-state index contributed by atoms with van der Waals surface area (Å²) in [5, 5.41) is 10.3. The minimum atomic E-state index is -1.67. The van der Waals surface area contributed by atoms with E-state index in [1.165, 1.54) is 0 Å². The van der Waals surface area contributed by atoms with Crippen molar-refractivity contribution in [2.24, 2.45) is 0 Å². The average Bonchev–Trinajstić information content (AvgIpc) is 2.69. The van der Waals surface area contributed by atoms with E-state index in [0.717, 1.165) is 0 Å². The minimum absolute atomic E-state index is 0.00578. The largest absolute Gasteiger partial charge is 0.463 e. The number of rotatable bonds is 9. The summed E-state index contributed by atoms with van der Waals surface area (Å²) in [5.74, 6) is -2.48. The Bertz CT molecular complexity index is 561. The molecule has 0 amide bonds. The van der Waals surface area contributed by atoms with Crippen LogP contribution in [0.2, 0.25) is 0 Å². The van der Waals surface area contributed by atoms with Crippen molar-refractivity contribution in [2.45, 2.75) is 84.1 Å². The molecule has 0 aromatic carbocycles. The Labute approximate surface area is 163 Å². The molecule has 1 saturated heterocycles. The number of aliphatic hydroxyl groups excluding tert-OH is 1. The van der Waals surface area contributed by atoms with E-state index in [1.807, 2.05) is 0 Å². The molecule has 1 aliphatic rings. The van der Waals surface area contributed by atoms with Crippen LogP contribution in [0.5, 0.6) is 0 Å². The van der Waals surface area contributed by atoms with Crippen LogP contribution in [0.1, 0.15) is 53.4 Å². The lowest BCUT2D eigenvalue weighted by atomic mass is 9.98. The fraction of sp³-hybridized carbons (Fsp3) is 0.778. The number of esters is 4. The van der Waals surface area contributed by atoms with Gasteiger partial charge in [0, 0.05) is 25.7 Å². The number of carbonyl (C=O) groups excluding carboxylic acids is 4. The molecular weight excluding hydrogens is 376 g/mol. The summed E-state index contributed by atoms with van der Waals surface area (Å²) in [6.07, 6.45) is -6.62. The Morgan fingerprint density at radius 2 is 1.14 bits per heavy atom. The summed E-state index contributed by atoms with van der Waals surface area (Å²) < 4.78 is 26.2. The first-order valence-electron chi connectivity index (χ1n) is 9.34. The van der Waals surface area contributed by atoms with Crippen LogP contribution < -0.4 is 0 Å². The van der Waals surface area contributed by atoms with Crippen molar-refractivity contribution in [3.05, 3.63) is 0 Å². The number of carbonyl (C=O) groups is 4. The first-order chi connectivity index (χ1) is 13.3. The highest BCUT2D eigenvalue weighted by Gasteiger charge is 2.52. The maximum absolute atomic E-state index is 11.9. The van der Waals surface area contributed by atoms with Crippen molar-refractivity contribution < 1.29 is 48.0 Å². The van der Waals surface area contributed by atoms with Crippen molar-refractivity contribution >= 4 is 23.9 Å². The van der Waals surface area contributed by atoms with Gasteiger partial charge < -0.3 is 28.8 Å². The SMILES string of the molecule is CCC(=O)OC[C@H]1O[C@@H](O)[C@@H](OC(=O)CC)[C@@H](OC(=O)CC)[C@@H]1OC(=O)CC. The van der Waals surface area contributed by atoms with E-state index in [-0.39, 0.29) is 32.3 Å². The van der Waals surface area contributed by atoms with E-state index in [0.29, 0.717) is 0 Å². The molecule has 5 atom stereocenters. The van der Waals surface area contributed by atoms with Gasteiger partial charge in [-0.1, -0.05) is 27.7 Å². The van der Waals surface area contributed by atoms with Gasteiger partial charge in [0.15, 0.2) is 24.6 Å². The predicted octanol–water partition coefficient (Wildman–Crippen LogP) is 0.622. The Kier molecular flexibility index (Phi) is 9.88.